The Morgan fingerprint density at radius 2 is 1.81 bits per heavy atom. The fourth-order valence-electron chi connectivity index (χ4n) is 2.68. The molecular weight excluding hydrogens is 240 g/mol. The van der Waals surface area contributed by atoms with Gasteiger partial charge in [0.25, 0.3) is 0 Å². The van der Waals surface area contributed by atoms with E-state index in [1.165, 1.54) is 0 Å². The van der Waals surface area contributed by atoms with Crippen LogP contribution < -0.4 is 0 Å². The molecule has 0 N–H and O–H groups in total. The summed E-state index contributed by atoms with van der Waals surface area (Å²) < 4.78 is 30.2. The van der Waals surface area contributed by atoms with Crippen molar-refractivity contribution in [3.05, 3.63) is 0 Å². The van der Waals surface area contributed by atoms with Crippen molar-refractivity contribution in [3.8, 4) is 0 Å². The van der Waals surface area contributed by atoms with Gasteiger partial charge in [-0.1, -0.05) is 19.6 Å². The van der Waals surface area contributed by atoms with Gasteiger partial charge in [-0.3, -0.25) is 0 Å². The number of sulfone groups is 1. The molecule has 3 unspecified atom stereocenters. The van der Waals surface area contributed by atoms with Gasteiger partial charge in [0.2, 0.25) is 0 Å². The zero-order valence-corrected chi connectivity index (χ0v) is 12.2. The lowest BCUT2D eigenvalue weighted by atomic mass is 10.1. The average molecular weight is 262 g/mol. The number of rotatable bonds is 1. The largest absolute Gasteiger partial charge is 0.370 e. The molecule has 3 atom stereocenters. The summed E-state index contributed by atoms with van der Waals surface area (Å²) >= 11 is 0. The van der Waals surface area contributed by atoms with Crippen LogP contribution in [0.2, 0.25) is 19.6 Å². The first-order chi connectivity index (χ1) is 7.31. The molecule has 2 fully saturated rings. The van der Waals surface area contributed by atoms with Crippen LogP contribution in [0.1, 0.15) is 25.7 Å². The Kier molecular flexibility index (Phi) is 3.23. The lowest BCUT2D eigenvalue weighted by Gasteiger charge is -2.28. The second-order valence-corrected chi connectivity index (χ2v) is 14.3. The fraction of sp³-hybridized carbons (Fsp3) is 1.00. The highest BCUT2D eigenvalue weighted by Crippen LogP contribution is 2.36. The van der Waals surface area contributed by atoms with E-state index in [0.717, 1.165) is 25.7 Å². The molecule has 0 aromatic rings. The van der Waals surface area contributed by atoms with Crippen molar-refractivity contribution in [1.82, 2.24) is 0 Å². The summed E-state index contributed by atoms with van der Waals surface area (Å²) in [6.45, 7) is 6.47. The van der Waals surface area contributed by atoms with E-state index < -0.39 is 17.9 Å². The summed E-state index contributed by atoms with van der Waals surface area (Å²) in [5, 5.41) is 0. The standard InChI is InChI=1S/C11H22O3SSi/c1-16(2,3)11-8-10-9(14-10)6-4-5-7-15(11,12)13/h9-11H,4-8H2,1-3H3. The van der Waals surface area contributed by atoms with Crippen LogP contribution in [-0.4, -0.2) is 39.3 Å². The molecule has 0 amide bonds. The van der Waals surface area contributed by atoms with Gasteiger partial charge in [-0.2, -0.15) is 0 Å². The molecule has 16 heavy (non-hydrogen) atoms. The molecule has 2 aliphatic rings. The van der Waals surface area contributed by atoms with Crippen LogP contribution in [0.25, 0.3) is 0 Å². The van der Waals surface area contributed by atoms with Gasteiger partial charge in [0, 0.05) is 0 Å². The molecule has 0 bridgehead atoms. The smallest absolute Gasteiger partial charge is 0.150 e. The number of epoxide rings is 1. The molecule has 2 rings (SSSR count). The number of hydrogen-bond acceptors (Lipinski definition) is 3. The van der Waals surface area contributed by atoms with Gasteiger partial charge in [0.05, 0.1) is 30.9 Å². The highest BCUT2D eigenvalue weighted by atomic mass is 32.2. The Labute approximate surface area is 99.5 Å². The van der Waals surface area contributed by atoms with Crippen LogP contribution in [0.3, 0.4) is 0 Å². The van der Waals surface area contributed by atoms with Crippen molar-refractivity contribution < 1.29 is 13.2 Å². The molecule has 2 heterocycles. The first-order valence-electron chi connectivity index (χ1n) is 6.18. The maximum absolute atomic E-state index is 12.3. The van der Waals surface area contributed by atoms with Crippen molar-refractivity contribution in [2.45, 2.75) is 62.4 Å². The SMILES string of the molecule is C[Si](C)(C)C1CC2OC2CCCCS1(=O)=O. The third-order valence-electron chi connectivity index (χ3n) is 3.70. The summed E-state index contributed by atoms with van der Waals surface area (Å²) in [7, 11) is -4.54. The van der Waals surface area contributed by atoms with Crippen molar-refractivity contribution in [3.63, 3.8) is 0 Å². The first kappa shape index (κ1) is 12.6. The second-order valence-electron chi connectivity index (χ2n) is 6.17. The van der Waals surface area contributed by atoms with Crippen LogP contribution in [0.5, 0.6) is 0 Å². The molecule has 0 radical (unpaired) electrons. The van der Waals surface area contributed by atoms with Gasteiger partial charge in [-0.05, 0) is 25.7 Å². The molecule has 5 heteroatoms. The summed E-state index contributed by atoms with van der Waals surface area (Å²) in [6, 6.07) is 0. The van der Waals surface area contributed by atoms with Crippen molar-refractivity contribution in [2.75, 3.05) is 5.75 Å². The predicted octanol–water partition coefficient (Wildman–Crippen LogP) is 1.99. The molecule has 2 saturated heterocycles. The van der Waals surface area contributed by atoms with E-state index in [1.54, 1.807) is 0 Å². The molecule has 0 aromatic carbocycles. The van der Waals surface area contributed by atoms with Crippen LogP contribution >= 0.6 is 0 Å². The topological polar surface area (TPSA) is 46.7 Å². The minimum atomic E-state index is -2.89. The molecule has 94 valence electrons. The maximum Gasteiger partial charge on any atom is 0.150 e. The number of hydrogen-bond donors (Lipinski definition) is 0. The summed E-state index contributed by atoms with van der Waals surface area (Å²) in [6.07, 6.45) is 4.23. The van der Waals surface area contributed by atoms with Gasteiger partial charge in [0.1, 0.15) is 0 Å². The maximum atomic E-state index is 12.3. The van der Waals surface area contributed by atoms with E-state index in [-0.39, 0.29) is 11.0 Å². The van der Waals surface area contributed by atoms with Crippen molar-refractivity contribution >= 4 is 17.9 Å². The van der Waals surface area contributed by atoms with E-state index in [2.05, 4.69) is 19.6 Å². The van der Waals surface area contributed by atoms with Crippen LogP contribution in [0, 0.1) is 0 Å². The molecule has 3 nitrogen and oxygen atoms in total. The molecule has 0 aromatic heterocycles. The van der Waals surface area contributed by atoms with E-state index in [1.807, 2.05) is 0 Å². The summed E-state index contributed by atoms with van der Waals surface area (Å²) in [4.78, 5) is -0.104. The van der Waals surface area contributed by atoms with Gasteiger partial charge in [-0.15, -0.1) is 0 Å². The Morgan fingerprint density at radius 3 is 2.44 bits per heavy atom. The van der Waals surface area contributed by atoms with Gasteiger partial charge < -0.3 is 4.74 Å². The zero-order chi connectivity index (χ0) is 12.0. The molecular formula is C11H22O3SSi. The third-order valence-corrected chi connectivity index (χ3v) is 11.0. The Bertz CT molecular complexity index is 358. The lowest BCUT2D eigenvalue weighted by Crippen LogP contribution is -2.46. The Morgan fingerprint density at radius 1 is 1.12 bits per heavy atom. The third kappa shape index (κ3) is 2.68. The van der Waals surface area contributed by atoms with Crippen LogP contribution in [0.15, 0.2) is 0 Å². The van der Waals surface area contributed by atoms with E-state index in [4.69, 9.17) is 4.74 Å². The summed E-state index contributed by atoms with van der Waals surface area (Å²) in [5.41, 5.74) is 0. The monoisotopic (exact) mass is 262 g/mol. The van der Waals surface area contributed by atoms with Crippen LogP contribution in [0.4, 0.5) is 0 Å². The van der Waals surface area contributed by atoms with E-state index >= 15 is 0 Å². The quantitative estimate of drug-likeness (QED) is 0.536. The second kappa shape index (κ2) is 4.10. The highest BCUT2D eigenvalue weighted by molar-refractivity contribution is 7.93. The molecule has 0 saturated carbocycles. The average Bonchev–Trinajstić information content (AvgIpc) is 2.84. The van der Waals surface area contributed by atoms with Gasteiger partial charge >= 0.3 is 0 Å². The molecule has 2 aliphatic heterocycles. The lowest BCUT2D eigenvalue weighted by molar-refractivity contribution is 0.353. The number of ether oxygens (including phenoxy) is 1. The normalized spacial score (nSPS) is 39.1. The number of fused-ring (bicyclic) bond motifs is 1. The van der Waals surface area contributed by atoms with Crippen molar-refractivity contribution in [1.29, 1.82) is 0 Å². The highest BCUT2D eigenvalue weighted by Gasteiger charge is 2.47. The predicted molar refractivity (Wildman–Crippen MR) is 68.0 cm³/mol. The Balaban J connectivity index is 2.22. The van der Waals surface area contributed by atoms with Crippen molar-refractivity contribution in [2.24, 2.45) is 0 Å². The molecule has 0 aliphatic carbocycles. The van der Waals surface area contributed by atoms with Crippen LogP contribution in [-0.2, 0) is 14.6 Å². The van der Waals surface area contributed by atoms with Gasteiger partial charge in [-0.25, -0.2) is 8.42 Å². The molecule has 0 spiro atoms. The zero-order valence-electron chi connectivity index (χ0n) is 10.4. The van der Waals surface area contributed by atoms with E-state index in [9.17, 15) is 8.42 Å². The van der Waals surface area contributed by atoms with E-state index in [0.29, 0.717) is 11.9 Å². The fourth-order valence-corrected chi connectivity index (χ4v) is 9.66. The first-order valence-corrected chi connectivity index (χ1v) is 11.5. The minimum Gasteiger partial charge on any atom is -0.370 e. The minimum absolute atomic E-state index is 0.104. The van der Waals surface area contributed by atoms with Gasteiger partial charge in [0.15, 0.2) is 9.84 Å². The Hall–Kier alpha value is 0.127. The summed E-state index contributed by atoms with van der Waals surface area (Å²) in [5.74, 6) is 0.390.